The molecular formula is C12H23N. The minimum absolute atomic E-state index is 0.802. The van der Waals surface area contributed by atoms with Gasteiger partial charge in [0.25, 0.3) is 0 Å². The number of rotatable bonds is 3. The first kappa shape index (κ1) is 9.51. The summed E-state index contributed by atoms with van der Waals surface area (Å²) in [4.78, 5) is 0. The van der Waals surface area contributed by atoms with Crippen molar-refractivity contribution < 1.29 is 0 Å². The van der Waals surface area contributed by atoms with Gasteiger partial charge in [0.15, 0.2) is 0 Å². The van der Waals surface area contributed by atoms with E-state index >= 15 is 0 Å². The zero-order valence-corrected chi connectivity index (χ0v) is 9.10. The van der Waals surface area contributed by atoms with Gasteiger partial charge in [-0.2, -0.15) is 0 Å². The first-order valence-electron chi connectivity index (χ1n) is 5.98. The summed E-state index contributed by atoms with van der Waals surface area (Å²) in [6, 6.07) is 0. The Hall–Kier alpha value is -0.0400. The van der Waals surface area contributed by atoms with E-state index in [0.717, 1.165) is 17.3 Å². The van der Waals surface area contributed by atoms with Crippen LogP contribution >= 0.6 is 0 Å². The minimum atomic E-state index is 0.802. The Morgan fingerprint density at radius 3 is 2.85 bits per heavy atom. The van der Waals surface area contributed by atoms with Gasteiger partial charge in [0.1, 0.15) is 0 Å². The van der Waals surface area contributed by atoms with Gasteiger partial charge in [0.05, 0.1) is 0 Å². The van der Waals surface area contributed by atoms with Gasteiger partial charge in [0, 0.05) is 0 Å². The smallest absolute Gasteiger partial charge is 0.00179 e. The number of nitrogens with one attached hydrogen (secondary N) is 1. The van der Waals surface area contributed by atoms with Crippen molar-refractivity contribution in [3.05, 3.63) is 0 Å². The summed E-state index contributed by atoms with van der Waals surface area (Å²) in [5.41, 5.74) is 0.802. The molecular weight excluding hydrogens is 158 g/mol. The highest BCUT2D eigenvalue weighted by atomic mass is 14.8. The standard InChI is InChI=1S/C12H23N/c1-3-10-6-4-5-7-12(10)8-11(12)9-13-2/h10-11,13H,3-9H2,1-2H3. The summed E-state index contributed by atoms with van der Waals surface area (Å²) in [7, 11) is 2.09. The molecule has 76 valence electrons. The molecule has 0 aromatic heterocycles. The molecule has 3 atom stereocenters. The molecule has 2 saturated carbocycles. The minimum Gasteiger partial charge on any atom is -0.319 e. The van der Waals surface area contributed by atoms with E-state index in [-0.39, 0.29) is 0 Å². The van der Waals surface area contributed by atoms with Gasteiger partial charge < -0.3 is 5.32 Å². The van der Waals surface area contributed by atoms with Crippen LogP contribution in [0.1, 0.15) is 45.4 Å². The maximum Gasteiger partial charge on any atom is -0.00179 e. The summed E-state index contributed by atoms with van der Waals surface area (Å²) in [5, 5.41) is 3.35. The van der Waals surface area contributed by atoms with E-state index in [1.165, 1.54) is 45.1 Å². The Bertz CT molecular complexity index is 178. The van der Waals surface area contributed by atoms with Crippen LogP contribution in [-0.4, -0.2) is 13.6 Å². The zero-order chi connectivity index (χ0) is 9.31. The first-order chi connectivity index (χ1) is 6.33. The second-order valence-electron chi connectivity index (χ2n) is 5.04. The van der Waals surface area contributed by atoms with E-state index < -0.39 is 0 Å². The SMILES string of the molecule is CCC1CCCCC12CC2CNC. The summed E-state index contributed by atoms with van der Waals surface area (Å²) in [6.45, 7) is 3.64. The van der Waals surface area contributed by atoms with Crippen molar-refractivity contribution in [1.29, 1.82) is 0 Å². The topological polar surface area (TPSA) is 12.0 Å². The highest BCUT2D eigenvalue weighted by molar-refractivity contribution is 5.07. The normalized spacial score (nSPS) is 43.8. The third-order valence-electron chi connectivity index (χ3n) is 4.48. The molecule has 0 aromatic rings. The van der Waals surface area contributed by atoms with E-state index in [2.05, 4.69) is 19.3 Å². The summed E-state index contributed by atoms with van der Waals surface area (Å²) in [6.07, 6.45) is 8.96. The van der Waals surface area contributed by atoms with Crippen molar-refractivity contribution in [3.8, 4) is 0 Å². The molecule has 0 amide bonds. The van der Waals surface area contributed by atoms with E-state index in [9.17, 15) is 0 Å². The lowest BCUT2D eigenvalue weighted by molar-refractivity contribution is 0.186. The largest absolute Gasteiger partial charge is 0.319 e. The average Bonchev–Trinajstić information content (AvgIpc) is 2.81. The van der Waals surface area contributed by atoms with Gasteiger partial charge in [-0.25, -0.2) is 0 Å². The fourth-order valence-corrected chi connectivity index (χ4v) is 3.67. The van der Waals surface area contributed by atoms with Crippen molar-refractivity contribution in [2.45, 2.75) is 45.4 Å². The molecule has 2 aliphatic rings. The highest BCUT2D eigenvalue weighted by Crippen LogP contribution is 2.64. The maximum atomic E-state index is 3.35. The lowest BCUT2D eigenvalue weighted by Gasteiger charge is -2.32. The van der Waals surface area contributed by atoms with Gasteiger partial charge in [-0.15, -0.1) is 0 Å². The van der Waals surface area contributed by atoms with Crippen LogP contribution in [0.25, 0.3) is 0 Å². The van der Waals surface area contributed by atoms with E-state index in [1.807, 2.05) is 0 Å². The van der Waals surface area contributed by atoms with Crippen LogP contribution in [0.4, 0.5) is 0 Å². The number of hydrogen-bond donors (Lipinski definition) is 1. The molecule has 0 saturated heterocycles. The van der Waals surface area contributed by atoms with Crippen LogP contribution in [0, 0.1) is 17.3 Å². The fraction of sp³-hybridized carbons (Fsp3) is 1.00. The van der Waals surface area contributed by atoms with Gasteiger partial charge in [-0.05, 0) is 50.1 Å². The molecule has 2 rings (SSSR count). The van der Waals surface area contributed by atoms with Gasteiger partial charge in [-0.1, -0.05) is 26.2 Å². The number of hydrogen-bond acceptors (Lipinski definition) is 1. The lowest BCUT2D eigenvalue weighted by Crippen LogP contribution is -2.25. The van der Waals surface area contributed by atoms with Crippen molar-refractivity contribution in [1.82, 2.24) is 5.32 Å². The molecule has 1 heteroatoms. The molecule has 0 aromatic carbocycles. The molecule has 13 heavy (non-hydrogen) atoms. The molecule has 2 aliphatic carbocycles. The highest BCUT2D eigenvalue weighted by Gasteiger charge is 2.57. The van der Waals surface area contributed by atoms with Crippen LogP contribution in [0.3, 0.4) is 0 Å². The predicted octanol–water partition coefficient (Wildman–Crippen LogP) is 2.81. The summed E-state index contributed by atoms with van der Waals surface area (Å²) < 4.78 is 0. The third kappa shape index (κ3) is 1.52. The van der Waals surface area contributed by atoms with Gasteiger partial charge in [0.2, 0.25) is 0 Å². The Kier molecular flexibility index (Phi) is 2.64. The summed E-state index contributed by atoms with van der Waals surface area (Å²) in [5.74, 6) is 2.07. The zero-order valence-electron chi connectivity index (χ0n) is 9.10. The molecule has 1 spiro atoms. The van der Waals surface area contributed by atoms with E-state index in [0.29, 0.717) is 0 Å². The fourth-order valence-electron chi connectivity index (χ4n) is 3.67. The van der Waals surface area contributed by atoms with Crippen LogP contribution in [-0.2, 0) is 0 Å². The molecule has 0 bridgehead atoms. The Morgan fingerprint density at radius 1 is 1.31 bits per heavy atom. The van der Waals surface area contributed by atoms with Gasteiger partial charge in [-0.3, -0.25) is 0 Å². The average molecular weight is 181 g/mol. The quantitative estimate of drug-likeness (QED) is 0.706. The molecule has 0 heterocycles. The van der Waals surface area contributed by atoms with Crippen molar-refractivity contribution in [2.75, 3.05) is 13.6 Å². The first-order valence-corrected chi connectivity index (χ1v) is 5.98. The molecule has 0 aliphatic heterocycles. The third-order valence-corrected chi connectivity index (χ3v) is 4.48. The van der Waals surface area contributed by atoms with Crippen molar-refractivity contribution in [2.24, 2.45) is 17.3 Å². The molecule has 2 fully saturated rings. The maximum absolute atomic E-state index is 3.35. The van der Waals surface area contributed by atoms with Crippen LogP contribution in [0.2, 0.25) is 0 Å². The summed E-state index contributed by atoms with van der Waals surface area (Å²) >= 11 is 0. The Balaban J connectivity index is 1.96. The molecule has 3 unspecified atom stereocenters. The Labute approximate surface area is 82.3 Å². The Morgan fingerprint density at radius 2 is 2.15 bits per heavy atom. The van der Waals surface area contributed by atoms with Crippen molar-refractivity contribution >= 4 is 0 Å². The lowest BCUT2D eigenvalue weighted by atomic mass is 9.73. The van der Waals surface area contributed by atoms with Crippen LogP contribution < -0.4 is 5.32 Å². The van der Waals surface area contributed by atoms with E-state index in [4.69, 9.17) is 0 Å². The molecule has 0 radical (unpaired) electrons. The van der Waals surface area contributed by atoms with Crippen molar-refractivity contribution in [3.63, 3.8) is 0 Å². The van der Waals surface area contributed by atoms with Crippen LogP contribution in [0.15, 0.2) is 0 Å². The van der Waals surface area contributed by atoms with Crippen LogP contribution in [0.5, 0.6) is 0 Å². The second-order valence-corrected chi connectivity index (χ2v) is 5.04. The monoisotopic (exact) mass is 181 g/mol. The van der Waals surface area contributed by atoms with E-state index in [1.54, 1.807) is 0 Å². The van der Waals surface area contributed by atoms with Gasteiger partial charge >= 0.3 is 0 Å². The second kappa shape index (κ2) is 3.61. The predicted molar refractivity (Wildman–Crippen MR) is 56.7 cm³/mol. The molecule has 1 N–H and O–H groups in total. The molecule has 1 nitrogen and oxygen atoms in total.